The lowest BCUT2D eigenvalue weighted by Gasteiger charge is -2.02. The lowest BCUT2D eigenvalue weighted by atomic mass is 10.2. The molecule has 0 aliphatic rings. The Morgan fingerprint density at radius 2 is 2.33 bits per heavy atom. The van der Waals surface area contributed by atoms with Crippen LogP contribution in [-0.4, -0.2) is 8.76 Å². The number of rotatable bonds is 3. The maximum absolute atomic E-state index is 10.3. The molecule has 0 radical (unpaired) electrons. The molecule has 1 rings (SSSR count). The zero-order valence-corrected chi connectivity index (χ0v) is 7.17. The van der Waals surface area contributed by atoms with Crippen LogP contribution in [0, 0.1) is 0 Å². The van der Waals surface area contributed by atoms with Gasteiger partial charge >= 0.3 is 0 Å². The van der Waals surface area contributed by atoms with Crippen LogP contribution in [0.25, 0.3) is 0 Å². The summed E-state index contributed by atoms with van der Waals surface area (Å²) in [5.74, 6) is 0. The van der Waals surface area contributed by atoms with Crippen molar-refractivity contribution >= 4 is 17.0 Å². The van der Waals surface area contributed by atoms with Crippen molar-refractivity contribution in [2.45, 2.75) is 6.54 Å². The molecule has 0 saturated carbocycles. The predicted molar refractivity (Wildman–Crippen MR) is 48.7 cm³/mol. The molecule has 0 aromatic heterocycles. The minimum atomic E-state index is -2.02. The molecular weight excluding hydrogens is 176 g/mol. The van der Waals surface area contributed by atoms with E-state index in [-0.39, 0.29) is 0 Å². The quantitative estimate of drug-likeness (QED) is 0.608. The van der Waals surface area contributed by atoms with Crippen molar-refractivity contribution in [3.63, 3.8) is 0 Å². The van der Waals surface area contributed by atoms with Gasteiger partial charge in [0.25, 0.3) is 11.3 Å². The highest BCUT2D eigenvalue weighted by Crippen LogP contribution is 2.09. The second-order valence-electron chi connectivity index (χ2n) is 2.26. The molecule has 0 spiro atoms. The van der Waals surface area contributed by atoms with Gasteiger partial charge in [-0.3, -0.25) is 9.27 Å². The van der Waals surface area contributed by atoms with E-state index in [9.17, 15) is 4.21 Å². The van der Waals surface area contributed by atoms with Crippen LogP contribution in [0.4, 0.5) is 5.69 Å². The molecule has 0 amide bonds. The Kier molecular flexibility index (Phi) is 3.21. The van der Waals surface area contributed by atoms with Crippen molar-refractivity contribution in [2.75, 3.05) is 4.72 Å². The molecule has 0 aliphatic heterocycles. The molecule has 0 bridgehead atoms. The SMILES string of the molecule is NCc1cccc(NS(=O)O)c1. The fourth-order valence-corrected chi connectivity index (χ4v) is 1.19. The minimum absolute atomic E-state index is 0.424. The number of benzene rings is 1. The van der Waals surface area contributed by atoms with Gasteiger partial charge in [-0.25, -0.2) is 4.21 Å². The van der Waals surface area contributed by atoms with E-state index in [0.29, 0.717) is 12.2 Å². The van der Waals surface area contributed by atoms with E-state index in [2.05, 4.69) is 4.72 Å². The molecule has 1 unspecified atom stereocenters. The first-order valence-corrected chi connectivity index (χ1v) is 4.49. The van der Waals surface area contributed by atoms with E-state index in [1.165, 1.54) is 0 Å². The lowest BCUT2D eigenvalue weighted by molar-refractivity contribution is 0.570. The zero-order chi connectivity index (χ0) is 8.97. The summed E-state index contributed by atoms with van der Waals surface area (Å²) in [6, 6.07) is 7.06. The molecule has 12 heavy (non-hydrogen) atoms. The predicted octanol–water partition coefficient (Wildman–Crippen LogP) is 0.694. The summed E-state index contributed by atoms with van der Waals surface area (Å²) in [7, 11) is 0. The summed E-state index contributed by atoms with van der Waals surface area (Å²) >= 11 is -2.02. The fourth-order valence-electron chi connectivity index (χ4n) is 0.863. The van der Waals surface area contributed by atoms with Crippen LogP contribution in [0.2, 0.25) is 0 Å². The average Bonchev–Trinajstić information content (AvgIpc) is 2.03. The topological polar surface area (TPSA) is 75.3 Å². The number of hydrogen-bond donors (Lipinski definition) is 3. The highest BCUT2D eigenvalue weighted by molar-refractivity contribution is 7.80. The van der Waals surface area contributed by atoms with Crippen LogP contribution < -0.4 is 10.5 Å². The number of anilines is 1. The van der Waals surface area contributed by atoms with Gasteiger partial charge in [0.05, 0.1) is 0 Å². The summed E-state index contributed by atoms with van der Waals surface area (Å²) in [6.45, 7) is 0.424. The van der Waals surface area contributed by atoms with Crippen molar-refractivity contribution in [3.05, 3.63) is 29.8 Å². The van der Waals surface area contributed by atoms with Crippen molar-refractivity contribution < 1.29 is 8.76 Å². The van der Waals surface area contributed by atoms with Gasteiger partial charge in [-0.1, -0.05) is 12.1 Å². The molecule has 4 nitrogen and oxygen atoms in total. The molecule has 0 heterocycles. The minimum Gasteiger partial charge on any atom is -0.326 e. The normalized spacial score (nSPS) is 12.5. The second-order valence-corrected chi connectivity index (χ2v) is 2.96. The Bertz CT molecular complexity index is 290. The average molecular weight is 186 g/mol. The summed E-state index contributed by atoms with van der Waals surface area (Å²) in [5.41, 5.74) is 6.90. The Morgan fingerprint density at radius 3 is 2.92 bits per heavy atom. The Balaban J connectivity index is 2.79. The first-order valence-electron chi connectivity index (χ1n) is 3.39. The summed E-state index contributed by atoms with van der Waals surface area (Å²) < 4.78 is 21.2. The first kappa shape index (κ1) is 9.18. The third-order valence-electron chi connectivity index (χ3n) is 1.37. The van der Waals surface area contributed by atoms with Gasteiger partial charge in [0.2, 0.25) is 0 Å². The van der Waals surface area contributed by atoms with Crippen LogP contribution in [0.5, 0.6) is 0 Å². The summed E-state index contributed by atoms with van der Waals surface area (Å²) in [4.78, 5) is 0. The largest absolute Gasteiger partial charge is 0.326 e. The van der Waals surface area contributed by atoms with Gasteiger partial charge in [-0.15, -0.1) is 0 Å². The van der Waals surface area contributed by atoms with E-state index in [0.717, 1.165) is 5.56 Å². The van der Waals surface area contributed by atoms with E-state index < -0.39 is 11.3 Å². The highest BCUT2D eigenvalue weighted by atomic mass is 32.2. The van der Waals surface area contributed by atoms with Gasteiger partial charge < -0.3 is 5.73 Å². The molecule has 0 saturated heterocycles. The van der Waals surface area contributed by atoms with Crippen LogP contribution >= 0.6 is 0 Å². The zero-order valence-electron chi connectivity index (χ0n) is 6.36. The highest BCUT2D eigenvalue weighted by Gasteiger charge is 1.95. The molecule has 1 atom stereocenters. The van der Waals surface area contributed by atoms with Crippen LogP contribution in [0.15, 0.2) is 24.3 Å². The van der Waals surface area contributed by atoms with Gasteiger partial charge in [-0.05, 0) is 17.7 Å². The van der Waals surface area contributed by atoms with E-state index >= 15 is 0 Å². The molecular formula is C7H10N2O2S. The maximum atomic E-state index is 10.3. The van der Waals surface area contributed by atoms with Crippen molar-refractivity contribution in [3.8, 4) is 0 Å². The molecule has 1 aromatic rings. The van der Waals surface area contributed by atoms with Crippen LogP contribution in [-0.2, 0) is 17.8 Å². The number of nitrogens with two attached hydrogens (primary N) is 1. The van der Waals surface area contributed by atoms with Gasteiger partial charge in [0.15, 0.2) is 0 Å². The van der Waals surface area contributed by atoms with Gasteiger partial charge in [0, 0.05) is 12.2 Å². The van der Waals surface area contributed by atoms with Crippen LogP contribution in [0.1, 0.15) is 5.56 Å². The Morgan fingerprint density at radius 1 is 1.58 bits per heavy atom. The van der Waals surface area contributed by atoms with E-state index in [1.807, 2.05) is 6.07 Å². The first-order chi connectivity index (χ1) is 5.72. The van der Waals surface area contributed by atoms with E-state index in [4.69, 9.17) is 10.3 Å². The third kappa shape index (κ3) is 2.61. The molecule has 1 aromatic carbocycles. The van der Waals surface area contributed by atoms with Crippen molar-refractivity contribution in [1.82, 2.24) is 0 Å². The fraction of sp³-hybridized carbons (Fsp3) is 0.143. The summed E-state index contributed by atoms with van der Waals surface area (Å²) in [6.07, 6.45) is 0. The van der Waals surface area contributed by atoms with Crippen LogP contribution in [0.3, 0.4) is 0 Å². The lowest BCUT2D eigenvalue weighted by Crippen LogP contribution is -2.03. The smallest absolute Gasteiger partial charge is 0.259 e. The third-order valence-corrected chi connectivity index (χ3v) is 1.78. The molecule has 0 fully saturated rings. The monoisotopic (exact) mass is 186 g/mol. The Labute approximate surface area is 73.2 Å². The molecule has 4 N–H and O–H groups in total. The maximum Gasteiger partial charge on any atom is 0.259 e. The number of hydrogen-bond acceptors (Lipinski definition) is 2. The standard InChI is InChI=1S/C7H10N2O2S/c8-5-6-2-1-3-7(4-6)9-12(10)11/h1-4,9H,5,8H2,(H,10,11). The van der Waals surface area contributed by atoms with Crippen molar-refractivity contribution in [2.24, 2.45) is 5.73 Å². The van der Waals surface area contributed by atoms with Crippen molar-refractivity contribution in [1.29, 1.82) is 0 Å². The van der Waals surface area contributed by atoms with Gasteiger partial charge in [-0.2, -0.15) is 0 Å². The van der Waals surface area contributed by atoms with E-state index in [1.54, 1.807) is 18.2 Å². The molecule has 66 valence electrons. The Hall–Kier alpha value is -0.910. The molecule has 0 aliphatic carbocycles. The van der Waals surface area contributed by atoms with Gasteiger partial charge in [0.1, 0.15) is 0 Å². The number of nitrogens with one attached hydrogen (secondary N) is 1. The second kappa shape index (κ2) is 4.20. The molecule has 5 heteroatoms. The summed E-state index contributed by atoms with van der Waals surface area (Å²) in [5, 5.41) is 0.